The lowest BCUT2D eigenvalue weighted by molar-refractivity contribution is 0.102. The Kier molecular flexibility index (Phi) is 6.45. The molecular formula is C21H21ClN4O2. The van der Waals surface area contributed by atoms with Crippen LogP contribution in [0.5, 0.6) is 5.75 Å². The van der Waals surface area contributed by atoms with Gasteiger partial charge in [0.05, 0.1) is 7.11 Å². The smallest absolute Gasteiger partial charge is 0.274 e. The molecule has 6 nitrogen and oxygen atoms in total. The fourth-order valence-electron chi connectivity index (χ4n) is 2.67. The van der Waals surface area contributed by atoms with Crippen LogP contribution in [0.3, 0.4) is 0 Å². The monoisotopic (exact) mass is 396 g/mol. The number of hydrogen-bond donors (Lipinski definition) is 2. The van der Waals surface area contributed by atoms with E-state index in [2.05, 4.69) is 20.6 Å². The standard InChI is InChI=1S/C21H21ClN4O2/c1-14-11-19(20(27)25-17-7-4-8-18(13-17)28-2)26-21(24-14)23-10-9-15-5-3-6-16(22)12-15/h3-8,11-13H,9-10H2,1-2H3,(H,25,27)(H,23,24,26). The minimum atomic E-state index is -0.309. The van der Waals surface area contributed by atoms with Gasteiger partial charge in [-0.1, -0.05) is 29.8 Å². The molecular weight excluding hydrogens is 376 g/mol. The van der Waals surface area contributed by atoms with E-state index < -0.39 is 0 Å². The summed E-state index contributed by atoms with van der Waals surface area (Å²) in [6.07, 6.45) is 0.767. The van der Waals surface area contributed by atoms with Crippen molar-refractivity contribution in [3.63, 3.8) is 0 Å². The van der Waals surface area contributed by atoms with Gasteiger partial charge < -0.3 is 15.4 Å². The molecule has 0 aliphatic rings. The van der Waals surface area contributed by atoms with Crippen LogP contribution in [0.1, 0.15) is 21.7 Å². The normalized spacial score (nSPS) is 10.4. The number of carbonyl (C=O) groups is 1. The molecule has 0 fully saturated rings. The van der Waals surface area contributed by atoms with Gasteiger partial charge in [-0.2, -0.15) is 0 Å². The van der Waals surface area contributed by atoms with Crippen LogP contribution in [-0.4, -0.2) is 29.5 Å². The number of nitrogens with zero attached hydrogens (tertiary/aromatic N) is 2. The fourth-order valence-corrected chi connectivity index (χ4v) is 2.88. The summed E-state index contributed by atoms with van der Waals surface area (Å²) in [6, 6.07) is 16.5. The second-order valence-corrected chi connectivity index (χ2v) is 6.65. The van der Waals surface area contributed by atoms with Crippen molar-refractivity contribution in [3.8, 4) is 5.75 Å². The maximum atomic E-state index is 12.6. The molecule has 1 heterocycles. The summed E-state index contributed by atoms with van der Waals surface area (Å²) in [5.41, 5.74) is 2.75. The van der Waals surface area contributed by atoms with Gasteiger partial charge in [-0.25, -0.2) is 9.97 Å². The zero-order chi connectivity index (χ0) is 19.9. The number of ether oxygens (including phenoxy) is 1. The number of benzene rings is 2. The van der Waals surface area contributed by atoms with Gasteiger partial charge in [0.2, 0.25) is 5.95 Å². The fraction of sp³-hybridized carbons (Fsp3) is 0.190. The number of anilines is 2. The van der Waals surface area contributed by atoms with E-state index in [1.807, 2.05) is 43.3 Å². The van der Waals surface area contributed by atoms with Crippen LogP contribution in [0.2, 0.25) is 5.02 Å². The van der Waals surface area contributed by atoms with E-state index in [9.17, 15) is 4.79 Å². The first kappa shape index (κ1) is 19.6. The predicted molar refractivity (Wildman–Crippen MR) is 111 cm³/mol. The largest absolute Gasteiger partial charge is 0.497 e. The summed E-state index contributed by atoms with van der Waals surface area (Å²) < 4.78 is 5.17. The molecule has 0 radical (unpaired) electrons. The molecule has 0 saturated heterocycles. The van der Waals surface area contributed by atoms with Crippen LogP contribution < -0.4 is 15.4 Å². The summed E-state index contributed by atoms with van der Waals surface area (Å²) in [5.74, 6) is 0.773. The number of aromatic nitrogens is 2. The molecule has 3 aromatic rings. The molecule has 0 bridgehead atoms. The number of methoxy groups -OCH3 is 1. The highest BCUT2D eigenvalue weighted by atomic mass is 35.5. The Bertz CT molecular complexity index is 978. The first-order valence-corrected chi connectivity index (χ1v) is 9.21. The quantitative estimate of drug-likeness (QED) is 0.620. The van der Waals surface area contributed by atoms with Gasteiger partial charge in [-0.05, 0) is 49.2 Å². The van der Waals surface area contributed by atoms with Crippen molar-refractivity contribution >= 4 is 29.1 Å². The lowest BCUT2D eigenvalue weighted by Gasteiger charge is -2.10. The van der Waals surface area contributed by atoms with Gasteiger partial charge >= 0.3 is 0 Å². The molecule has 2 N–H and O–H groups in total. The molecule has 0 aliphatic carbocycles. The Morgan fingerprint density at radius 1 is 1.11 bits per heavy atom. The zero-order valence-corrected chi connectivity index (χ0v) is 16.5. The third-order valence-corrected chi connectivity index (χ3v) is 4.24. The molecule has 28 heavy (non-hydrogen) atoms. The molecule has 0 aliphatic heterocycles. The highest BCUT2D eigenvalue weighted by Gasteiger charge is 2.11. The molecule has 0 atom stereocenters. The summed E-state index contributed by atoms with van der Waals surface area (Å²) in [4.78, 5) is 21.2. The van der Waals surface area contributed by atoms with Crippen molar-refractivity contribution < 1.29 is 9.53 Å². The second kappa shape index (κ2) is 9.19. The molecule has 2 aromatic carbocycles. The highest BCUT2D eigenvalue weighted by Crippen LogP contribution is 2.18. The Balaban J connectivity index is 1.65. The number of aryl methyl sites for hydroxylation is 1. The third-order valence-electron chi connectivity index (χ3n) is 4.00. The van der Waals surface area contributed by atoms with E-state index in [0.29, 0.717) is 40.3 Å². The lowest BCUT2D eigenvalue weighted by Crippen LogP contribution is -2.17. The number of nitrogens with one attached hydrogen (secondary N) is 2. The second-order valence-electron chi connectivity index (χ2n) is 6.21. The highest BCUT2D eigenvalue weighted by molar-refractivity contribution is 6.30. The Labute approximate surface area is 168 Å². The van der Waals surface area contributed by atoms with Gasteiger partial charge in [0.1, 0.15) is 11.4 Å². The van der Waals surface area contributed by atoms with E-state index in [0.717, 1.165) is 12.0 Å². The summed E-state index contributed by atoms with van der Waals surface area (Å²) in [5, 5.41) is 6.70. The SMILES string of the molecule is COc1cccc(NC(=O)c2cc(C)nc(NCCc3cccc(Cl)c3)n2)c1. The van der Waals surface area contributed by atoms with Crippen molar-refractivity contribution in [2.75, 3.05) is 24.3 Å². The summed E-state index contributed by atoms with van der Waals surface area (Å²) >= 11 is 6.01. The van der Waals surface area contributed by atoms with Crippen LogP contribution in [0.15, 0.2) is 54.6 Å². The van der Waals surface area contributed by atoms with Gasteiger partial charge in [-0.3, -0.25) is 4.79 Å². The topological polar surface area (TPSA) is 76.1 Å². The number of rotatable bonds is 7. The molecule has 3 rings (SSSR count). The molecule has 1 aromatic heterocycles. The maximum Gasteiger partial charge on any atom is 0.274 e. The van der Waals surface area contributed by atoms with E-state index in [4.69, 9.17) is 16.3 Å². The van der Waals surface area contributed by atoms with Crippen molar-refractivity contribution in [3.05, 3.63) is 76.6 Å². The van der Waals surface area contributed by atoms with E-state index in [1.54, 1.807) is 25.3 Å². The summed E-state index contributed by atoms with van der Waals surface area (Å²) in [6.45, 7) is 2.45. The van der Waals surface area contributed by atoms with Crippen LogP contribution in [-0.2, 0) is 6.42 Å². The lowest BCUT2D eigenvalue weighted by atomic mass is 10.1. The van der Waals surface area contributed by atoms with Crippen LogP contribution >= 0.6 is 11.6 Å². The van der Waals surface area contributed by atoms with E-state index in [-0.39, 0.29) is 5.91 Å². The van der Waals surface area contributed by atoms with Crippen molar-refractivity contribution in [1.29, 1.82) is 0 Å². The Morgan fingerprint density at radius 2 is 1.93 bits per heavy atom. The van der Waals surface area contributed by atoms with Gasteiger partial charge in [0.15, 0.2) is 0 Å². The first-order valence-electron chi connectivity index (χ1n) is 8.83. The predicted octanol–water partition coefficient (Wildman–Crippen LogP) is 4.35. The van der Waals surface area contributed by atoms with E-state index in [1.165, 1.54) is 0 Å². The molecule has 1 amide bonds. The van der Waals surface area contributed by atoms with Crippen molar-refractivity contribution in [2.45, 2.75) is 13.3 Å². The minimum Gasteiger partial charge on any atom is -0.497 e. The maximum absolute atomic E-state index is 12.6. The van der Waals surface area contributed by atoms with Crippen molar-refractivity contribution in [1.82, 2.24) is 9.97 Å². The summed E-state index contributed by atoms with van der Waals surface area (Å²) in [7, 11) is 1.58. The van der Waals surface area contributed by atoms with Crippen LogP contribution in [0, 0.1) is 6.92 Å². The van der Waals surface area contributed by atoms with Crippen LogP contribution in [0.4, 0.5) is 11.6 Å². The van der Waals surface area contributed by atoms with Gasteiger partial charge in [0.25, 0.3) is 5.91 Å². The van der Waals surface area contributed by atoms with Crippen LogP contribution in [0.25, 0.3) is 0 Å². The number of amides is 1. The number of hydrogen-bond acceptors (Lipinski definition) is 5. The molecule has 0 spiro atoms. The molecule has 7 heteroatoms. The first-order chi connectivity index (χ1) is 13.5. The molecule has 0 saturated carbocycles. The molecule has 144 valence electrons. The van der Waals surface area contributed by atoms with Gasteiger partial charge in [-0.15, -0.1) is 0 Å². The van der Waals surface area contributed by atoms with E-state index >= 15 is 0 Å². The molecule has 0 unspecified atom stereocenters. The minimum absolute atomic E-state index is 0.292. The van der Waals surface area contributed by atoms with Crippen molar-refractivity contribution in [2.24, 2.45) is 0 Å². The third kappa shape index (κ3) is 5.44. The average molecular weight is 397 g/mol. The number of halogens is 1. The average Bonchev–Trinajstić information content (AvgIpc) is 2.68. The zero-order valence-electron chi connectivity index (χ0n) is 15.7. The van der Waals surface area contributed by atoms with Gasteiger partial charge in [0, 0.05) is 29.0 Å². The number of carbonyl (C=O) groups excluding carboxylic acids is 1. The Hall–Kier alpha value is -3.12. The Morgan fingerprint density at radius 3 is 2.71 bits per heavy atom.